The van der Waals surface area contributed by atoms with Crippen LogP contribution in [0.25, 0.3) is 0 Å². The van der Waals surface area contributed by atoms with Crippen molar-refractivity contribution in [2.24, 2.45) is 0 Å². The summed E-state index contributed by atoms with van der Waals surface area (Å²) in [6.45, 7) is 6.20. The predicted octanol–water partition coefficient (Wildman–Crippen LogP) is 2.67. The van der Waals surface area contributed by atoms with E-state index in [1.165, 1.54) is 6.07 Å². The van der Waals surface area contributed by atoms with E-state index in [0.717, 1.165) is 24.2 Å². The van der Waals surface area contributed by atoms with Gasteiger partial charge in [-0.05, 0) is 39.7 Å². The molecule has 1 N–H and O–H groups in total. The standard InChI is InChI=1S/C13H18ClNO4S2/c1-8-11(21(14,17)18)6-10(20-8)12(16)15-9-4-5-19-13(2,3)7-9/h6,9H,4-5,7H2,1-3H3,(H,15,16). The molecule has 1 aliphatic rings. The molecule has 0 aliphatic carbocycles. The molecule has 0 radical (unpaired) electrons. The van der Waals surface area contributed by atoms with Crippen LogP contribution in [-0.4, -0.2) is 32.6 Å². The first kappa shape index (κ1) is 16.7. The molecule has 2 rings (SSSR count). The fourth-order valence-electron chi connectivity index (χ4n) is 2.43. The Bertz CT molecular complexity index is 651. The minimum Gasteiger partial charge on any atom is -0.375 e. The molecule has 2 heterocycles. The SMILES string of the molecule is Cc1sc(C(=O)NC2CCOC(C)(C)C2)cc1S(=O)(=O)Cl. The van der Waals surface area contributed by atoms with Crippen molar-refractivity contribution in [2.45, 2.75) is 50.2 Å². The van der Waals surface area contributed by atoms with Crippen molar-refractivity contribution >= 4 is 37.0 Å². The number of rotatable bonds is 3. The number of ether oxygens (including phenoxy) is 1. The molecule has 118 valence electrons. The van der Waals surface area contributed by atoms with Gasteiger partial charge in [-0.2, -0.15) is 0 Å². The summed E-state index contributed by atoms with van der Waals surface area (Å²) in [4.78, 5) is 13.1. The fourth-order valence-corrected chi connectivity index (χ4v) is 5.00. The van der Waals surface area contributed by atoms with E-state index in [2.05, 4.69) is 5.32 Å². The molecule has 21 heavy (non-hydrogen) atoms. The number of hydrogen-bond donors (Lipinski definition) is 1. The Kier molecular flexibility index (Phi) is 4.68. The van der Waals surface area contributed by atoms with Gasteiger partial charge in [0.25, 0.3) is 15.0 Å². The second-order valence-electron chi connectivity index (χ2n) is 5.74. The summed E-state index contributed by atoms with van der Waals surface area (Å²) in [5, 5.41) is 2.94. The first-order chi connectivity index (χ1) is 9.58. The van der Waals surface area contributed by atoms with Gasteiger partial charge in [0.05, 0.1) is 15.4 Å². The Hall–Kier alpha value is -0.630. The smallest absolute Gasteiger partial charge is 0.262 e. The van der Waals surface area contributed by atoms with Gasteiger partial charge < -0.3 is 10.1 Å². The summed E-state index contributed by atoms with van der Waals surface area (Å²) in [7, 11) is 1.53. The molecule has 1 aromatic rings. The van der Waals surface area contributed by atoms with Crippen molar-refractivity contribution in [2.75, 3.05) is 6.61 Å². The molecule has 0 spiro atoms. The van der Waals surface area contributed by atoms with Crippen molar-refractivity contribution < 1.29 is 17.9 Å². The Balaban J connectivity index is 2.11. The molecule has 0 bridgehead atoms. The molecule has 1 aliphatic heterocycles. The molecule has 1 atom stereocenters. The van der Waals surface area contributed by atoms with Gasteiger partial charge in [-0.25, -0.2) is 8.42 Å². The molecular weight excluding hydrogens is 334 g/mol. The van der Waals surface area contributed by atoms with Crippen LogP contribution in [0.5, 0.6) is 0 Å². The minimum absolute atomic E-state index is 0.00613. The second-order valence-corrected chi connectivity index (χ2v) is 9.53. The van der Waals surface area contributed by atoms with Gasteiger partial charge in [-0.1, -0.05) is 0 Å². The highest BCUT2D eigenvalue weighted by Crippen LogP contribution is 2.29. The lowest BCUT2D eigenvalue weighted by atomic mass is 9.94. The first-order valence-corrected chi connectivity index (χ1v) is 9.71. The maximum absolute atomic E-state index is 12.2. The van der Waals surface area contributed by atoms with Gasteiger partial charge in [0, 0.05) is 28.2 Å². The molecule has 0 saturated carbocycles. The highest BCUT2D eigenvalue weighted by molar-refractivity contribution is 8.13. The number of carbonyl (C=O) groups excluding carboxylic acids is 1. The van der Waals surface area contributed by atoms with Crippen molar-refractivity contribution in [3.63, 3.8) is 0 Å². The minimum atomic E-state index is -3.82. The van der Waals surface area contributed by atoms with Gasteiger partial charge in [0.15, 0.2) is 0 Å². The summed E-state index contributed by atoms with van der Waals surface area (Å²) < 4.78 is 28.4. The Morgan fingerprint density at radius 3 is 2.71 bits per heavy atom. The third-order valence-corrected chi connectivity index (χ3v) is 6.02. The third-order valence-electron chi connectivity index (χ3n) is 3.39. The van der Waals surface area contributed by atoms with Crippen LogP contribution >= 0.6 is 22.0 Å². The number of aryl methyl sites for hydroxylation is 1. The Morgan fingerprint density at radius 1 is 1.52 bits per heavy atom. The van der Waals surface area contributed by atoms with Gasteiger partial charge in [0.1, 0.15) is 0 Å². The zero-order valence-corrected chi connectivity index (χ0v) is 14.5. The number of hydrogen-bond acceptors (Lipinski definition) is 5. The lowest BCUT2D eigenvalue weighted by Crippen LogP contribution is -2.45. The molecule has 1 saturated heterocycles. The topological polar surface area (TPSA) is 72.5 Å². The van der Waals surface area contributed by atoms with Crippen LogP contribution in [0.4, 0.5) is 0 Å². The lowest BCUT2D eigenvalue weighted by molar-refractivity contribution is -0.0615. The summed E-state index contributed by atoms with van der Waals surface area (Å²) in [6.07, 6.45) is 1.48. The number of halogens is 1. The summed E-state index contributed by atoms with van der Waals surface area (Å²) in [5.41, 5.74) is -0.258. The molecule has 0 aromatic carbocycles. The number of amides is 1. The van der Waals surface area contributed by atoms with Crippen LogP contribution in [0.2, 0.25) is 0 Å². The molecule has 1 amide bonds. The molecular formula is C13H18ClNO4S2. The van der Waals surface area contributed by atoms with Crippen molar-refractivity contribution in [1.29, 1.82) is 0 Å². The third kappa shape index (κ3) is 4.18. The van der Waals surface area contributed by atoms with Crippen LogP contribution in [0, 0.1) is 6.92 Å². The van der Waals surface area contributed by atoms with Crippen LogP contribution < -0.4 is 5.32 Å². The zero-order valence-electron chi connectivity index (χ0n) is 12.1. The van der Waals surface area contributed by atoms with Crippen LogP contribution in [0.3, 0.4) is 0 Å². The summed E-state index contributed by atoms with van der Waals surface area (Å²) >= 11 is 1.13. The average molecular weight is 352 g/mol. The van der Waals surface area contributed by atoms with Gasteiger partial charge in [-0.3, -0.25) is 4.79 Å². The molecule has 1 aromatic heterocycles. The molecule has 8 heteroatoms. The van der Waals surface area contributed by atoms with E-state index in [1.807, 2.05) is 13.8 Å². The second kappa shape index (κ2) is 5.87. The van der Waals surface area contributed by atoms with E-state index in [1.54, 1.807) is 6.92 Å². The van der Waals surface area contributed by atoms with Gasteiger partial charge in [-0.15, -0.1) is 11.3 Å². The monoisotopic (exact) mass is 351 g/mol. The Labute approximate surface area is 133 Å². The maximum Gasteiger partial charge on any atom is 0.262 e. The fraction of sp³-hybridized carbons (Fsp3) is 0.615. The lowest BCUT2D eigenvalue weighted by Gasteiger charge is -2.35. The highest BCUT2D eigenvalue weighted by atomic mass is 35.7. The van der Waals surface area contributed by atoms with Gasteiger partial charge >= 0.3 is 0 Å². The molecule has 1 fully saturated rings. The highest BCUT2D eigenvalue weighted by Gasteiger charge is 2.30. The molecule has 1 unspecified atom stereocenters. The van der Waals surface area contributed by atoms with Crippen molar-refractivity contribution in [3.8, 4) is 0 Å². The van der Waals surface area contributed by atoms with E-state index >= 15 is 0 Å². The predicted molar refractivity (Wildman–Crippen MR) is 82.6 cm³/mol. The van der Waals surface area contributed by atoms with E-state index < -0.39 is 9.05 Å². The van der Waals surface area contributed by atoms with Crippen molar-refractivity contribution in [1.82, 2.24) is 5.32 Å². The zero-order chi connectivity index (χ0) is 15.8. The quantitative estimate of drug-likeness (QED) is 0.850. The van der Waals surface area contributed by atoms with Crippen LogP contribution in [0.15, 0.2) is 11.0 Å². The van der Waals surface area contributed by atoms with E-state index in [0.29, 0.717) is 16.4 Å². The van der Waals surface area contributed by atoms with Gasteiger partial charge in [0.2, 0.25) is 0 Å². The van der Waals surface area contributed by atoms with Crippen molar-refractivity contribution in [3.05, 3.63) is 15.8 Å². The molecule has 5 nitrogen and oxygen atoms in total. The number of carbonyl (C=O) groups is 1. The van der Waals surface area contributed by atoms with E-state index in [-0.39, 0.29) is 22.4 Å². The van der Waals surface area contributed by atoms with E-state index in [9.17, 15) is 13.2 Å². The number of thiophene rings is 1. The normalized spacial score (nSPS) is 22.0. The summed E-state index contributed by atoms with van der Waals surface area (Å²) in [5.74, 6) is -0.266. The summed E-state index contributed by atoms with van der Waals surface area (Å²) in [6, 6.07) is 1.36. The van der Waals surface area contributed by atoms with Crippen LogP contribution in [-0.2, 0) is 13.8 Å². The Morgan fingerprint density at radius 2 is 2.19 bits per heavy atom. The average Bonchev–Trinajstić information content (AvgIpc) is 2.69. The number of nitrogens with one attached hydrogen (secondary N) is 1. The first-order valence-electron chi connectivity index (χ1n) is 6.58. The maximum atomic E-state index is 12.2. The largest absolute Gasteiger partial charge is 0.375 e. The van der Waals surface area contributed by atoms with E-state index in [4.69, 9.17) is 15.4 Å². The van der Waals surface area contributed by atoms with Crippen LogP contribution in [0.1, 0.15) is 41.2 Å².